The molecule has 0 saturated heterocycles. The molecule has 0 unspecified atom stereocenters. The predicted molar refractivity (Wildman–Crippen MR) is 252 cm³/mol. The van der Waals surface area contributed by atoms with Gasteiger partial charge in [-0.25, -0.2) is 4.98 Å². The van der Waals surface area contributed by atoms with Gasteiger partial charge in [0.1, 0.15) is 11.6 Å². The fourth-order valence-corrected chi connectivity index (χ4v) is 7.37. The smallest absolute Gasteiger partial charge is 0.148 e. The number of benzene rings is 6. The second-order valence-corrected chi connectivity index (χ2v) is 18.4. The van der Waals surface area contributed by atoms with Crippen LogP contribution < -0.4 is 0 Å². The van der Waals surface area contributed by atoms with Crippen LogP contribution in [0.1, 0.15) is 108 Å². The third-order valence-electron chi connectivity index (χ3n) is 10.8. The molecule has 0 spiro atoms. The van der Waals surface area contributed by atoms with E-state index in [0.717, 1.165) is 16.7 Å². The van der Waals surface area contributed by atoms with E-state index in [1.807, 2.05) is 114 Å². The number of aryl methyl sites for hydroxylation is 1. The van der Waals surface area contributed by atoms with E-state index in [2.05, 4.69) is 31.8 Å². The van der Waals surface area contributed by atoms with Crippen molar-refractivity contribution in [3.05, 3.63) is 167 Å². The molecule has 0 amide bonds. The molecule has 61 heavy (non-hydrogen) atoms. The maximum absolute atomic E-state index is 12.5. The van der Waals surface area contributed by atoms with Crippen molar-refractivity contribution in [1.82, 2.24) is 14.5 Å². The zero-order valence-electron chi connectivity index (χ0n) is 48.8. The predicted octanol–water partition coefficient (Wildman–Crippen LogP) is 14.8. The number of nitrogens with zero attached hydrogens (tertiary/aromatic N) is 3. The maximum atomic E-state index is 12.5. The molecule has 0 aliphatic carbocycles. The summed E-state index contributed by atoms with van der Waals surface area (Å²) in [4.78, 5) is 9.76. The topological polar surface area (TPSA) is 50.9 Å². The van der Waals surface area contributed by atoms with Crippen molar-refractivity contribution in [3.63, 3.8) is 0 Å². The first-order valence-electron chi connectivity index (χ1n) is 26.5. The largest absolute Gasteiger partial charge is 0.507 e. The number of hydrogen-bond donors (Lipinski definition) is 1. The number of para-hydroxylation sites is 1. The van der Waals surface area contributed by atoms with Gasteiger partial charge in [-0.1, -0.05) is 164 Å². The van der Waals surface area contributed by atoms with Gasteiger partial charge in [0.15, 0.2) is 0 Å². The number of phenols is 1. The first-order chi connectivity index (χ1) is 33.7. The Hall–Kier alpha value is -5.57. The SMILES string of the molecule is [2H]c1nc(-c2[c-]c(-c3cccc4c3nc(-c3cc(C(C)(C)C)cc(C(C)(C)C)c3O)n4-c3ccc(-c4ccccc4)cc3C([2H])([2H])[2H])cc(C(C)(C)C)c2)c([2H])c(-c2c([2H])c([2H])c(C([2H])([2H])[2H])c([2H])c2[2H])c1[2H].[Pt]. The molecule has 2 heterocycles. The Bertz CT molecular complexity index is 3500. The summed E-state index contributed by atoms with van der Waals surface area (Å²) in [6.45, 7) is 12.6. The fourth-order valence-electron chi connectivity index (χ4n) is 7.37. The van der Waals surface area contributed by atoms with Crippen molar-refractivity contribution in [2.45, 2.75) is 92.3 Å². The van der Waals surface area contributed by atoms with Crippen LogP contribution >= 0.6 is 0 Å². The summed E-state index contributed by atoms with van der Waals surface area (Å²) in [5.74, 6) is 0.262. The third-order valence-corrected chi connectivity index (χ3v) is 10.8. The van der Waals surface area contributed by atoms with Gasteiger partial charge in [0.2, 0.25) is 0 Å². The quantitative estimate of drug-likeness (QED) is 0.169. The molecule has 5 heteroatoms. The number of hydrogen-bond acceptors (Lipinski definition) is 3. The van der Waals surface area contributed by atoms with E-state index >= 15 is 0 Å². The molecule has 8 aromatic rings. The van der Waals surface area contributed by atoms with E-state index in [1.165, 1.54) is 0 Å². The van der Waals surface area contributed by atoms with E-state index < -0.39 is 83.7 Å². The van der Waals surface area contributed by atoms with Gasteiger partial charge in [0, 0.05) is 46.7 Å². The number of phenolic OH excluding ortho intramolecular Hbond substituents is 1. The van der Waals surface area contributed by atoms with Crippen molar-refractivity contribution in [3.8, 4) is 67.5 Å². The molecule has 0 atom stereocenters. The minimum Gasteiger partial charge on any atom is -0.507 e. The second kappa shape index (κ2) is 16.4. The number of fused-ring (bicyclic) bond motifs is 1. The Kier molecular flexibility index (Phi) is 7.95. The molecule has 0 fully saturated rings. The summed E-state index contributed by atoms with van der Waals surface area (Å²) in [5.41, 5.74) is 3.31. The Morgan fingerprint density at radius 3 is 2.02 bits per heavy atom. The molecule has 2 aromatic heterocycles. The molecular formula is C56H56N3OPt-. The molecule has 0 bridgehead atoms. The van der Waals surface area contributed by atoms with E-state index in [0.29, 0.717) is 44.5 Å². The van der Waals surface area contributed by atoms with Gasteiger partial charge in [-0.15, -0.1) is 29.3 Å². The van der Waals surface area contributed by atoms with Crippen molar-refractivity contribution in [2.24, 2.45) is 0 Å². The molecular weight excluding hydrogens is 926 g/mol. The number of aromatic hydroxyl groups is 1. The molecule has 6 aromatic carbocycles. The van der Waals surface area contributed by atoms with Gasteiger partial charge < -0.3 is 5.11 Å². The standard InChI is InChI=1S/C56H56N3O.Pt/c1-35-20-22-38(23-21-35)40-26-27-57-48(32-40)42-29-41(30-43(31-42)54(3,4)5)45-18-15-19-50-51(45)58-53(46-33-44(55(6,7)8)34-47(52(46)60)56(9,10)11)59(50)49-25-24-39(28-36(49)2)37-16-13-12-14-17-37;/h12-28,30-34,60H,1-11H3;/q-1;/i1D3,2D3,20D,21D,22D,23D,26D,27D,32D;. The molecule has 0 radical (unpaired) electrons. The average molecular weight is 995 g/mol. The van der Waals surface area contributed by atoms with Crippen LogP contribution in [0.4, 0.5) is 0 Å². The zero-order valence-corrected chi connectivity index (χ0v) is 38.0. The molecule has 8 rings (SSSR count). The molecule has 0 aliphatic heterocycles. The summed E-state index contributed by atoms with van der Waals surface area (Å²) in [7, 11) is 0. The average Bonchev–Trinajstić information content (AvgIpc) is 3.68. The first kappa shape index (κ1) is 29.6. The number of rotatable bonds is 6. The molecule has 1 N–H and O–H groups in total. The Morgan fingerprint density at radius 1 is 0.639 bits per heavy atom. The number of imidazole rings is 1. The van der Waals surface area contributed by atoms with Crippen molar-refractivity contribution in [1.29, 1.82) is 0 Å². The Morgan fingerprint density at radius 2 is 1.34 bits per heavy atom. The van der Waals surface area contributed by atoms with Gasteiger partial charge >= 0.3 is 0 Å². The van der Waals surface area contributed by atoms with E-state index in [9.17, 15) is 6.48 Å². The van der Waals surface area contributed by atoms with Crippen LogP contribution in [0, 0.1) is 19.8 Å². The van der Waals surface area contributed by atoms with Crippen LogP contribution in [0.2, 0.25) is 0 Å². The van der Waals surface area contributed by atoms with Crippen LogP contribution in [-0.4, -0.2) is 19.6 Å². The fraction of sp³-hybridized carbons (Fsp3) is 0.250. The first-order valence-corrected chi connectivity index (χ1v) is 20.0. The normalized spacial score (nSPS) is 15.6. The maximum Gasteiger partial charge on any atom is 0.148 e. The minimum absolute atomic E-state index is 0. The minimum atomic E-state index is -2.99. The van der Waals surface area contributed by atoms with Crippen LogP contribution in [0.5, 0.6) is 5.75 Å². The molecule has 0 aliphatic rings. The van der Waals surface area contributed by atoms with Gasteiger partial charge in [-0.05, 0) is 93.6 Å². The van der Waals surface area contributed by atoms with Crippen molar-refractivity contribution >= 4 is 11.0 Å². The Balaban J connectivity index is 0.00000800. The molecule has 312 valence electrons. The van der Waals surface area contributed by atoms with E-state index in [1.54, 1.807) is 22.8 Å². The second-order valence-electron chi connectivity index (χ2n) is 18.4. The van der Waals surface area contributed by atoms with Crippen molar-refractivity contribution in [2.75, 3.05) is 0 Å². The van der Waals surface area contributed by atoms with Gasteiger partial charge in [-0.2, -0.15) is 0 Å². The zero-order chi connectivity index (χ0) is 53.8. The third kappa shape index (κ3) is 8.66. The van der Waals surface area contributed by atoms with Crippen LogP contribution in [0.25, 0.3) is 72.7 Å². The summed E-state index contributed by atoms with van der Waals surface area (Å²) >= 11 is 0. The summed E-state index contributed by atoms with van der Waals surface area (Å²) in [6.07, 6.45) is -0.630. The molecule has 0 saturated carbocycles. The summed E-state index contributed by atoms with van der Waals surface area (Å²) < 4.78 is 114. The van der Waals surface area contributed by atoms with Gasteiger partial charge in [-0.3, -0.25) is 9.55 Å². The molecule has 4 nitrogen and oxygen atoms in total. The monoisotopic (exact) mass is 994 g/mol. The van der Waals surface area contributed by atoms with Gasteiger partial charge in [0.25, 0.3) is 0 Å². The van der Waals surface area contributed by atoms with Crippen LogP contribution in [-0.2, 0) is 37.3 Å². The van der Waals surface area contributed by atoms with Gasteiger partial charge in [0.05, 0.1) is 31.9 Å². The number of pyridine rings is 1. The summed E-state index contributed by atoms with van der Waals surface area (Å²) in [5, 5.41) is 12.5. The summed E-state index contributed by atoms with van der Waals surface area (Å²) in [6, 6.07) is 26.9. The number of aromatic nitrogens is 3. The van der Waals surface area contributed by atoms with E-state index in [-0.39, 0.29) is 54.9 Å². The van der Waals surface area contributed by atoms with Crippen molar-refractivity contribution < 1.29 is 44.0 Å². The van der Waals surface area contributed by atoms with Crippen LogP contribution in [0.15, 0.2) is 133 Å². The Labute approximate surface area is 395 Å². The van der Waals surface area contributed by atoms with E-state index in [4.69, 9.17) is 21.4 Å². The van der Waals surface area contributed by atoms with Crippen LogP contribution in [0.3, 0.4) is 0 Å².